The largest absolute Gasteiger partial charge is 0.270 e. The summed E-state index contributed by atoms with van der Waals surface area (Å²) in [5, 5.41) is 10.9. The third kappa shape index (κ3) is 3.22. The lowest BCUT2D eigenvalue weighted by Gasteiger charge is -2.20. The van der Waals surface area contributed by atoms with Crippen LogP contribution in [0.15, 0.2) is 47.4 Å². The first-order valence-corrected chi connectivity index (χ1v) is 8.75. The molecule has 8 heteroatoms. The molecule has 0 N–H and O–H groups in total. The molecule has 0 aliphatic heterocycles. The topological polar surface area (TPSA) is 80.5 Å². The highest BCUT2D eigenvalue weighted by Crippen LogP contribution is 2.27. The average Bonchev–Trinajstić information content (AvgIpc) is 2.47. The third-order valence-corrected chi connectivity index (χ3v) is 5.86. The third-order valence-electron chi connectivity index (χ3n) is 3.21. The number of hydrogen-bond donors (Lipinski definition) is 0. The number of non-ortho nitro benzene ring substituents is 1. The summed E-state index contributed by atoms with van der Waals surface area (Å²) < 4.78 is 27.5. The van der Waals surface area contributed by atoms with Crippen LogP contribution in [0.2, 0.25) is 0 Å². The van der Waals surface area contributed by atoms with Gasteiger partial charge in [-0.2, -0.15) is 0 Å². The van der Waals surface area contributed by atoms with Crippen LogP contribution >= 0.6 is 22.6 Å². The van der Waals surface area contributed by atoms with Gasteiger partial charge < -0.3 is 0 Å². The SMILES string of the molecule is Cc1ccc([N+](=O)[O-])cc1S(=O)(=O)N(C)c1ccc(I)cc1. The van der Waals surface area contributed by atoms with Crippen LogP contribution < -0.4 is 4.31 Å². The highest BCUT2D eigenvalue weighted by Gasteiger charge is 2.25. The van der Waals surface area contributed by atoms with Crippen molar-refractivity contribution in [2.24, 2.45) is 0 Å². The Labute approximate surface area is 142 Å². The monoisotopic (exact) mass is 432 g/mol. The summed E-state index contributed by atoms with van der Waals surface area (Å²) in [6.07, 6.45) is 0. The predicted molar refractivity (Wildman–Crippen MR) is 92.6 cm³/mol. The highest BCUT2D eigenvalue weighted by atomic mass is 127. The van der Waals surface area contributed by atoms with E-state index in [1.165, 1.54) is 19.2 Å². The second-order valence-corrected chi connectivity index (χ2v) is 7.84. The van der Waals surface area contributed by atoms with E-state index in [1.54, 1.807) is 31.2 Å². The van der Waals surface area contributed by atoms with Gasteiger partial charge in [0.1, 0.15) is 0 Å². The number of sulfonamides is 1. The van der Waals surface area contributed by atoms with Crippen molar-refractivity contribution in [3.63, 3.8) is 0 Å². The zero-order valence-electron chi connectivity index (χ0n) is 11.9. The Morgan fingerprint density at radius 1 is 1.14 bits per heavy atom. The minimum atomic E-state index is -3.87. The summed E-state index contributed by atoms with van der Waals surface area (Å²) in [5.74, 6) is 0. The molecule has 0 aliphatic rings. The second-order valence-electron chi connectivity index (χ2n) is 4.66. The van der Waals surface area contributed by atoms with Crippen molar-refractivity contribution in [1.29, 1.82) is 0 Å². The summed E-state index contributed by atoms with van der Waals surface area (Å²) in [6, 6.07) is 10.8. The van der Waals surface area contributed by atoms with E-state index in [0.29, 0.717) is 11.3 Å². The van der Waals surface area contributed by atoms with Crippen molar-refractivity contribution >= 4 is 44.0 Å². The Bertz CT molecular complexity index is 819. The molecule has 0 bridgehead atoms. The molecule has 2 aromatic carbocycles. The van der Waals surface area contributed by atoms with E-state index in [0.717, 1.165) is 13.9 Å². The van der Waals surface area contributed by atoms with Gasteiger partial charge in [0.2, 0.25) is 0 Å². The Morgan fingerprint density at radius 3 is 2.27 bits per heavy atom. The van der Waals surface area contributed by atoms with Crippen LogP contribution in [0.5, 0.6) is 0 Å². The fourth-order valence-corrected chi connectivity index (χ4v) is 3.72. The second kappa shape index (κ2) is 6.21. The summed E-state index contributed by atoms with van der Waals surface area (Å²) in [4.78, 5) is 10.2. The molecule has 6 nitrogen and oxygen atoms in total. The van der Waals surface area contributed by atoms with Crippen LogP contribution in [0, 0.1) is 20.6 Å². The molecule has 0 aromatic heterocycles. The molecule has 22 heavy (non-hydrogen) atoms. The van der Waals surface area contributed by atoms with Gasteiger partial charge in [0.25, 0.3) is 15.7 Å². The number of nitrogens with zero attached hydrogens (tertiary/aromatic N) is 2. The van der Waals surface area contributed by atoms with E-state index >= 15 is 0 Å². The predicted octanol–water partition coefficient (Wildman–Crippen LogP) is 3.33. The molecular formula is C14H13IN2O4S. The molecule has 0 spiro atoms. The van der Waals surface area contributed by atoms with Gasteiger partial charge in [-0.3, -0.25) is 14.4 Å². The molecule has 0 saturated carbocycles. The van der Waals surface area contributed by atoms with Crippen LogP contribution in [0.1, 0.15) is 5.56 Å². The molecule has 0 radical (unpaired) electrons. The summed E-state index contributed by atoms with van der Waals surface area (Å²) >= 11 is 2.13. The van der Waals surface area contributed by atoms with Crippen molar-refractivity contribution in [2.45, 2.75) is 11.8 Å². The quantitative estimate of drug-likeness (QED) is 0.422. The number of benzene rings is 2. The number of anilines is 1. The zero-order chi connectivity index (χ0) is 16.5. The van der Waals surface area contributed by atoms with Crippen LogP contribution in [0.25, 0.3) is 0 Å². The Balaban J connectivity index is 2.52. The maximum atomic E-state index is 12.7. The molecule has 0 unspecified atom stereocenters. The molecule has 0 aliphatic carbocycles. The Morgan fingerprint density at radius 2 is 1.73 bits per heavy atom. The molecule has 0 amide bonds. The first-order chi connectivity index (χ1) is 10.2. The van der Waals surface area contributed by atoms with Crippen molar-refractivity contribution in [1.82, 2.24) is 0 Å². The van der Waals surface area contributed by atoms with E-state index in [9.17, 15) is 18.5 Å². The Hall–Kier alpha value is -1.68. The average molecular weight is 432 g/mol. The fourth-order valence-electron chi connectivity index (χ4n) is 1.92. The highest BCUT2D eigenvalue weighted by molar-refractivity contribution is 14.1. The van der Waals surface area contributed by atoms with E-state index in [2.05, 4.69) is 22.6 Å². The molecule has 116 valence electrons. The van der Waals surface area contributed by atoms with Gasteiger partial charge in [-0.05, 0) is 59.3 Å². The maximum Gasteiger partial charge on any atom is 0.270 e. The first-order valence-electron chi connectivity index (χ1n) is 6.23. The first kappa shape index (κ1) is 16.7. The number of nitro groups is 1. The molecule has 2 rings (SSSR count). The summed E-state index contributed by atoms with van der Waals surface area (Å²) in [6.45, 7) is 1.61. The number of rotatable bonds is 4. The summed E-state index contributed by atoms with van der Waals surface area (Å²) in [7, 11) is -2.44. The zero-order valence-corrected chi connectivity index (χ0v) is 14.8. The van der Waals surface area contributed by atoms with Crippen LogP contribution in [0.4, 0.5) is 11.4 Å². The van der Waals surface area contributed by atoms with Crippen molar-refractivity contribution < 1.29 is 13.3 Å². The smallest absolute Gasteiger partial charge is 0.269 e. The number of nitro benzene ring substituents is 1. The van der Waals surface area contributed by atoms with Gasteiger partial charge in [0.15, 0.2) is 0 Å². The standard InChI is InChI=1S/C14H13IN2O4S/c1-10-3-6-13(17(18)19)9-14(10)22(20,21)16(2)12-7-4-11(15)5-8-12/h3-9H,1-2H3. The molecule has 0 heterocycles. The number of halogens is 1. The fraction of sp³-hybridized carbons (Fsp3) is 0.143. The molecular weight excluding hydrogens is 419 g/mol. The molecule has 2 aromatic rings. The van der Waals surface area contributed by atoms with Gasteiger partial charge in [-0.1, -0.05) is 6.07 Å². The van der Waals surface area contributed by atoms with Gasteiger partial charge >= 0.3 is 0 Å². The minimum absolute atomic E-state index is 0.0669. The molecule has 0 atom stereocenters. The van der Waals surface area contributed by atoms with Crippen molar-refractivity contribution in [3.05, 3.63) is 61.7 Å². The van der Waals surface area contributed by atoms with Gasteiger partial charge in [-0.25, -0.2) is 8.42 Å². The number of aryl methyl sites for hydroxylation is 1. The lowest BCUT2D eigenvalue weighted by Crippen LogP contribution is -2.27. The molecule has 0 saturated heterocycles. The molecule has 0 fully saturated rings. The Kier molecular flexibility index (Phi) is 4.71. The van der Waals surface area contributed by atoms with Crippen LogP contribution in [0.3, 0.4) is 0 Å². The van der Waals surface area contributed by atoms with Crippen LogP contribution in [-0.4, -0.2) is 20.4 Å². The lowest BCUT2D eigenvalue weighted by atomic mass is 10.2. The van der Waals surface area contributed by atoms with E-state index in [1.807, 2.05) is 0 Å². The van der Waals surface area contributed by atoms with Gasteiger partial charge in [-0.15, -0.1) is 0 Å². The van der Waals surface area contributed by atoms with E-state index in [4.69, 9.17) is 0 Å². The van der Waals surface area contributed by atoms with E-state index < -0.39 is 14.9 Å². The van der Waals surface area contributed by atoms with E-state index in [-0.39, 0.29) is 10.6 Å². The van der Waals surface area contributed by atoms with Crippen molar-refractivity contribution in [2.75, 3.05) is 11.4 Å². The van der Waals surface area contributed by atoms with Gasteiger partial charge in [0.05, 0.1) is 15.5 Å². The van der Waals surface area contributed by atoms with Crippen LogP contribution in [-0.2, 0) is 10.0 Å². The van der Waals surface area contributed by atoms with Crippen molar-refractivity contribution in [3.8, 4) is 0 Å². The summed E-state index contributed by atoms with van der Waals surface area (Å²) in [5.41, 5.74) is 0.703. The maximum absolute atomic E-state index is 12.7. The normalized spacial score (nSPS) is 11.2. The lowest BCUT2D eigenvalue weighted by molar-refractivity contribution is -0.385. The van der Waals surface area contributed by atoms with Gasteiger partial charge in [0, 0.05) is 22.8 Å². The minimum Gasteiger partial charge on any atom is -0.269 e. The number of hydrogen-bond acceptors (Lipinski definition) is 4.